The predicted molar refractivity (Wildman–Crippen MR) is 48.9 cm³/mol. The van der Waals surface area contributed by atoms with Gasteiger partial charge in [-0.15, -0.1) is 0 Å². The van der Waals surface area contributed by atoms with Crippen LogP contribution in [-0.2, 0) is 4.79 Å². The molecule has 0 aromatic heterocycles. The van der Waals surface area contributed by atoms with Crippen LogP contribution in [0.5, 0.6) is 0 Å². The Labute approximate surface area is 73.3 Å². The second-order valence-corrected chi connectivity index (χ2v) is 2.79. The van der Waals surface area contributed by atoms with Crippen LogP contribution in [0.3, 0.4) is 0 Å². The first-order valence-corrected chi connectivity index (χ1v) is 4.33. The first kappa shape index (κ1) is 11.2. The summed E-state index contributed by atoms with van der Waals surface area (Å²) in [7, 11) is 0. The number of allylic oxidation sites excluding steroid dienone is 1. The lowest BCUT2D eigenvalue weighted by molar-refractivity contribution is -0.137. The van der Waals surface area contributed by atoms with Gasteiger partial charge in [0.05, 0.1) is 0 Å². The van der Waals surface area contributed by atoms with Crippen LogP contribution in [-0.4, -0.2) is 17.1 Å². The van der Waals surface area contributed by atoms with E-state index in [1.807, 2.05) is 6.08 Å². The van der Waals surface area contributed by atoms with E-state index >= 15 is 0 Å². The molecule has 0 aromatic carbocycles. The van der Waals surface area contributed by atoms with Crippen molar-refractivity contribution in [3.8, 4) is 0 Å². The molecule has 3 heteroatoms. The maximum absolute atomic E-state index is 10.2. The number of carbonyl (C=O) groups is 1. The van der Waals surface area contributed by atoms with E-state index in [0.717, 1.165) is 12.8 Å². The molecule has 0 fully saturated rings. The molecular formula is C9H17NO2. The number of carboxylic acids is 1. The number of hydrogen-bond acceptors (Lipinski definition) is 2. The van der Waals surface area contributed by atoms with Crippen molar-refractivity contribution in [3.63, 3.8) is 0 Å². The molecule has 0 heterocycles. The highest BCUT2D eigenvalue weighted by Crippen LogP contribution is 1.99. The van der Waals surface area contributed by atoms with Gasteiger partial charge in [-0.05, 0) is 12.8 Å². The molecule has 3 N–H and O–H groups in total. The van der Waals surface area contributed by atoms with Crippen molar-refractivity contribution in [3.05, 3.63) is 12.2 Å². The zero-order valence-corrected chi connectivity index (χ0v) is 7.49. The molecule has 0 aromatic rings. The summed E-state index contributed by atoms with van der Waals surface area (Å²) in [4.78, 5) is 10.2. The molecule has 0 aliphatic rings. The van der Waals surface area contributed by atoms with Crippen molar-refractivity contribution in [1.29, 1.82) is 0 Å². The number of aliphatic carboxylic acids is 1. The van der Waals surface area contributed by atoms with Crippen molar-refractivity contribution in [2.45, 2.75) is 38.6 Å². The number of hydrogen-bond donors (Lipinski definition) is 2. The standard InChI is InChI=1S/C9H17NO2/c1-2-3-4-5-6-7-8(10)9(11)12/h6-8H,2-5,10H2,1H3,(H,11,12). The second kappa shape index (κ2) is 6.85. The fourth-order valence-corrected chi connectivity index (χ4v) is 0.837. The van der Waals surface area contributed by atoms with Crippen molar-refractivity contribution in [1.82, 2.24) is 0 Å². The van der Waals surface area contributed by atoms with E-state index in [1.165, 1.54) is 18.9 Å². The van der Waals surface area contributed by atoms with Crippen LogP contribution < -0.4 is 5.73 Å². The van der Waals surface area contributed by atoms with E-state index in [-0.39, 0.29) is 0 Å². The summed E-state index contributed by atoms with van der Waals surface area (Å²) in [5, 5.41) is 8.41. The molecule has 0 rings (SSSR count). The first-order valence-electron chi connectivity index (χ1n) is 4.33. The van der Waals surface area contributed by atoms with E-state index < -0.39 is 12.0 Å². The minimum absolute atomic E-state index is 0.841. The Morgan fingerprint density at radius 1 is 1.58 bits per heavy atom. The van der Waals surface area contributed by atoms with Gasteiger partial charge in [0.15, 0.2) is 0 Å². The third kappa shape index (κ3) is 5.92. The van der Waals surface area contributed by atoms with Crippen LogP contribution in [0.15, 0.2) is 12.2 Å². The Bertz CT molecular complexity index is 155. The molecule has 1 unspecified atom stereocenters. The van der Waals surface area contributed by atoms with Crippen LogP contribution in [0.4, 0.5) is 0 Å². The van der Waals surface area contributed by atoms with Gasteiger partial charge < -0.3 is 10.8 Å². The smallest absolute Gasteiger partial charge is 0.324 e. The Hall–Kier alpha value is -0.830. The highest BCUT2D eigenvalue weighted by Gasteiger charge is 2.04. The molecule has 3 nitrogen and oxygen atoms in total. The number of unbranched alkanes of at least 4 members (excludes halogenated alkanes) is 3. The van der Waals surface area contributed by atoms with Gasteiger partial charge in [-0.3, -0.25) is 4.79 Å². The van der Waals surface area contributed by atoms with Gasteiger partial charge >= 0.3 is 5.97 Å². The molecule has 0 saturated carbocycles. The van der Waals surface area contributed by atoms with Crippen molar-refractivity contribution in [2.24, 2.45) is 5.73 Å². The number of carboxylic acid groups (broad SMARTS) is 1. The molecule has 0 radical (unpaired) electrons. The maximum Gasteiger partial charge on any atom is 0.324 e. The second-order valence-electron chi connectivity index (χ2n) is 2.79. The molecule has 1 atom stereocenters. The third-order valence-electron chi connectivity index (χ3n) is 1.60. The fraction of sp³-hybridized carbons (Fsp3) is 0.667. The third-order valence-corrected chi connectivity index (χ3v) is 1.60. The lowest BCUT2D eigenvalue weighted by Gasteiger charge is -1.97. The molecule has 70 valence electrons. The summed E-state index contributed by atoms with van der Waals surface area (Å²) >= 11 is 0. The average Bonchev–Trinajstić information content (AvgIpc) is 2.03. The zero-order valence-electron chi connectivity index (χ0n) is 7.49. The summed E-state index contributed by atoms with van der Waals surface area (Å²) in [6.07, 6.45) is 7.78. The van der Waals surface area contributed by atoms with E-state index in [1.54, 1.807) is 0 Å². The van der Waals surface area contributed by atoms with Gasteiger partial charge in [0, 0.05) is 0 Å². The van der Waals surface area contributed by atoms with E-state index in [9.17, 15) is 4.79 Å². The number of rotatable bonds is 6. The highest BCUT2D eigenvalue weighted by atomic mass is 16.4. The van der Waals surface area contributed by atoms with Gasteiger partial charge in [-0.25, -0.2) is 0 Å². The Kier molecular flexibility index (Phi) is 6.38. The van der Waals surface area contributed by atoms with Crippen LogP contribution in [0, 0.1) is 0 Å². The van der Waals surface area contributed by atoms with Crippen LogP contribution in [0.1, 0.15) is 32.6 Å². The van der Waals surface area contributed by atoms with Gasteiger partial charge in [0.2, 0.25) is 0 Å². The lowest BCUT2D eigenvalue weighted by atomic mass is 10.2. The van der Waals surface area contributed by atoms with Gasteiger partial charge in [0.1, 0.15) is 6.04 Å². The van der Waals surface area contributed by atoms with Crippen molar-refractivity contribution in [2.75, 3.05) is 0 Å². The fourth-order valence-electron chi connectivity index (χ4n) is 0.837. The molecule has 0 spiro atoms. The topological polar surface area (TPSA) is 63.3 Å². The normalized spacial score (nSPS) is 13.5. The van der Waals surface area contributed by atoms with Crippen LogP contribution >= 0.6 is 0 Å². The Balaban J connectivity index is 3.41. The Morgan fingerprint density at radius 2 is 2.25 bits per heavy atom. The monoisotopic (exact) mass is 171 g/mol. The summed E-state index contributed by atoms with van der Waals surface area (Å²) < 4.78 is 0. The maximum atomic E-state index is 10.2. The molecule has 0 saturated heterocycles. The first-order chi connectivity index (χ1) is 5.68. The minimum Gasteiger partial charge on any atom is -0.480 e. The summed E-state index contributed by atoms with van der Waals surface area (Å²) in [5.41, 5.74) is 5.24. The molecule has 0 bridgehead atoms. The molecule has 0 aliphatic carbocycles. The molecule has 0 aliphatic heterocycles. The van der Waals surface area contributed by atoms with E-state index in [0.29, 0.717) is 0 Å². The van der Waals surface area contributed by atoms with Crippen molar-refractivity contribution >= 4 is 5.97 Å². The SMILES string of the molecule is CCCCCC=CC(N)C(=O)O. The molecule has 12 heavy (non-hydrogen) atoms. The average molecular weight is 171 g/mol. The van der Waals surface area contributed by atoms with Gasteiger partial charge in [0.25, 0.3) is 0 Å². The van der Waals surface area contributed by atoms with Gasteiger partial charge in [-0.1, -0.05) is 31.9 Å². The van der Waals surface area contributed by atoms with E-state index in [4.69, 9.17) is 10.8 Å². The van der Waals surface area contributed by atoms with Crippen molar-refractivity contribution < 1.29 is 9.90 Å². The number of nitrogens with two attached hydrogens (primary N) is 1. The zero-order chi connectivity index (χ0) is 9.40. The summed E-state index contributed by atoms with van der Waals surface area (Å²) in [6, 6.07) is -0.841. The Morgan fingerprint density at radius 3 is 2.75 bits per heavy atom. The minimum atomic E-state index is -0.971. The molecular weight excluding hydrogens is 154 g/mol. The largest absolute Gasteiger partial charge is 0.480 e. The predicted octanol–water partition coefficient (Wildman–Crippen LogP) is 1.53. The lowest BCUT2D eigenvalue weighted by Crippen LogP contribution is -2.27. The van der Waals surface area contributed by atoms with Crippen LogP contribution in [0.2, 0.25) is 0 Å². The van der Waals surface area contributed by atoms with Crippen LogP contribution in [0.25, 0.3) is 0 Å². The van der Waals surface area contributed by atoms with Gasteiger partial charge in [-0.2, -0.15) is 0 Å². The highest BCUT2D eigenvalue weighted by molar-refractivity contribution is 5.75. The van der Waals surface area contributed by atoms with E-state index in [2.05, 4.69) is 6.92 Å². The summed E-state index contributed by atoms with van der Waals surface area (Å²) in [6.45, 7) is 2.13. The summed E-state index contributed by atoms with van der Waals surface area (Å²) in [5.74, 6) is -0.971. The quantitative estimate of drug-likeness (QED) is 0.470. The molecule has 0 amide bonds.